The maximum Gasteiger partial charge on any atom is 0.426 e. The third-order valence-corrected chi connectivity index (χ3v) is 30.9. The van der Waals surface area contributed by atoms with Gasteiger partial charge in [0.05, 0.1) is 25.4 Å². The Labute approximate surface area is 653 Å². The van der Waals surface area contributed by atoms with Gasteiger partial charge in [-0.2, -0.15) is 45.9 Å². The second kappa shape index (κ2) is 40.4. The molecule has 0 bridgehead atoms. The van der Waals surface area contributed by atoms with Gasteiger partial charge in [-0.1, -0.05) is 88.9 Å². The van der Waals surface area contributed by atoms with Gasteiger partial charge in [-0.05, 0) is 303 Å². The first-order valence-corrected chi connectivity index (χ1v) is 43.0. The van der Waals surface area contributed by atoms with E-state index in [1.165, 1.54) is 47.9 Å². The van der Waals surface area contributed by atoms with Gasteiger partial charge in [-0.25, -0.2) is 4.89 Å². The van der Waals surface area contributed by atoms with Crippen molar-refractivity contribution in [2.75, 3.05) is 105 Å². The van der Waals surface area contributed by atoms with Crippen LogP contribution in [0.2, 0.25) is 0 Å². The first-order valence-electron chi connectivity index (χ1n) is 38.3. The summed E-state index contributed by atoms with van der Waals surface area (Å²) < 4.78 is 155. The van der Waals surface area contributed by atoms with E-state index in [4.69, 9.17) is 33.5 Å². The number of hydrogen-bond donors (Lipinski definition) is 0. The Hall–Kier alpha value is -0.406. The molecule has 0 aliphatic heterocycles. The molecular weight excluding hydrogens is 1490 g/mol. The van der Waals surface area contributed by atoms with Crippen LogP contribution in [0.5, 0.6) is 11.5 Å². The number of ether oxygens (including phenoxy) is 6. The van der Waals surface area contributed by atoms with E-state index in [1.54, 1.807) is 0 Å². The van der Waals surface area contributed by atoms with Crippen LogP contribution in [0.4, 0.5) is 39.5 Å². The van der Waals surface area contributed by atoms with Crippen LogP contribution in [-0.4, -0.2) is 166 Å². The molecule has 0 amide bonds. The van der Waals surface area contributed by atoms with Crippen LogP contribution in [0, 0.1) is 46.8 Å². The molecule has 4 fully saturated rings. The third kappa shape index (κ3) is 25.3. The predicted octanol–water partition coefficient (Wildman–Crippen LogP) is 21.8. The Morgan fingerprint density at radius 2 is 1.00 bits per heavy atom. The maximum absolute atomic E-state index is 13.3. The summed E-state index contributed by atoms with van der Waals surface area (Å²) in [6.45, 7) is 24.5. The van der Waals surface area contributed by atoms with Gasteiger partial charge in [0.2, 0.25) is 0 Å². The largest absolute Gasteiger partial charge is 0.492 e. The van der Waals surface area contributed by atoms with E-state index in [9.17, 15) is 39.5 Å². The topological polar surface area (TPSA) is 80.3 Å². The molecule has 0 aromatic heterocycles. The fraction of sp³-hybridized carbons (Fsp3) is 0.835. The molecule has 1 radical (unpaired) electrons. The van der Waals surface area contributed by atoms with Crippen LogP contribution >= 0.6 is 43.2 Å². The van der Waals surface area contributed by atoms with Crippen molar-refractivity contribution < 1.29 is 110 Å². The molecular formula is C79H124F9N2O8S4Y-. The van der Waals surface area contributed by atoms with E-state index in [-0.39, 0.29) is 91.8 Å². The normalized spacial score (nSPS) is 25.6. The van der Waals surface area contributed by atoms with E-state index in [1.807, 2.05) is 43.2 Å². The molecule has 24 heteroatoms. The molecule has 0 saturated heterocycles. The van der Waals surface area contributed by atoms with E-state index >= 15 is 0 Å². The van der Waals surface area contributed by atoms with Crippen LogP contribution in [0.3, 0.4) is 0 Å². The van der Waals surface area contributed by atoms with Crippen molar-refractivity contribution in [3.63, 3.8) is 0 Å². The van der Waals surface area contributed by atoms with Gasteiger partial charge in [0.25, 0.3) is 5.60 Å². The van der Waals surface area contributed by atoms with Gasteiger partial charge in [0.1, 0.15) is 24.7 Å². The van der Waals surface area contributed by atoms with Gasteiger partial charge in [-0.3, -0.25) is 4.89 Å². The molecule has 0 heterocycles. The van der Waals surface area contributed by atoms with Crippen LogP contribution < -0.4 is 9.47 Å². The first-order chi connectivity index (χ1) is 48.1. The summed E-state index contributed by atoms with van der Waals surface area (Å²) in [7, 11) is 12.3. The predicted molar refractivity (Wildman–Crippen MR) is 400 cm³/mol. The molecule has 6 aliphatic rings. The summed E-state index contributed by atoms with van der Waals surface area (Å²) in [5.74, 6) is 7.80. The van der Waals surface area contributed by atoms with Crippen molar-refractivity contribution in [1.29, 1.82) is 0 Å². The molecule has 8 rings (SSSR count). The fourth-order valence-electron chi connectivity index (χ4n) is 17.1. The number of fused-ring (bicyclic) bond motifs is 10. The summed E-state index contributed by atoms with van der Waals surface area (Å²) >= 11 is 0. The number of aryl methyl sites for hydroxylation is 2. The van der Waals surface area contributed by atoms with Crippen molar-refractivity contribution in [3.8, 4) is 11.5 Å². The molecule has 4 saturated carbocycles. The zero-order valence-corrected chi connectivity index (χ0v) is 70.1. The Morgan fingerprint density at radius 3 is 1.47 bits per heavy atom. The van der Waals surface area contributed by atoms with Crippen molar-refractivity contribution in [2.24, 2.45) is 40.4 Å². The molecule has 0 spiro atoms. The minimum Gasteiger partial charge on any atom is -0.492 e. The number of hydrogen-bond acceptors (Lipinski definition) is 14. The molecule has 2 aromatic rings. The molecule has 11 unspecified atom stereocenters. The maximum atomic E-state index is 13.3. The van der Waals surface area contributed by atoms with Gasteiger partial charge >= 0.3 is 18.5 Å². The van der Waals surface area contributed by atoms with Crippen molar-refractivity contribution in [3.05, 3.63) is 65.1 Å². The number of unbranched alkanes of at least 4 members (excludes halogenated alkanes) is 4. The number of benzene rings is 2. The third-order valence-electron chi connectivity index (χ3n) is 24.0. The zero-order chi connectivity index (χ0) is 74.2. The smallest absolute Gasteiger partial charge is 0.426 e. The zero-order valence-electron chi connectivity index (χ0n) is 64.0. The minimum absolute atomic E-state index is 0. The van der Waals surface area contributed by atoms with Crippen molar-refractivity contribution >= 4 is 43.2 Å². The first kappa shape index (κ1) is 89.8. The second-order valence-electron chi connectivity index (χ2n) is 33.0. The standard InChI is InChI=1S/C79H124F9N2O8S4.Y/c1-56(21-15-18-52-100-102-72(4,5)39-41-90(12)43-50-92-60-25-29-62-58(54-60)23-27-66-64(62)35-37-75(9)68(66)31-33-70(75)94-45-20-47-96-76(10,78(83,84)85)79(86,87)88)55-98-97-48-16-13-14-17-51-99-101-71(2,3)38-40-89(11)42-49-91-59-24-28-61-57(53-59)22-26-65-63(61)34-36-74(8)67(65)30-32-69(74)93-44-19-46-95-73(6,7)77(80,81)82;/h16,24-25,28-29,53-54,56,63-70H,13-15,17-23,26-27,30-52,55H2,1-12H3;/q-1;. The quantitative estimate of drug-likeness (QED) is 0.0158. The summed E-state index contributed by atoms with van der Waals surface area (Å²) in [5.41, 5.74) is -0.618. The molecule has 10 nitrogen and oxygen atoms in total. The monoisotopic (exact) mass is 1620 g/mol. The Kier molecular flexibility index (Phi) is 35.2. The molecule has 6 aliphatic carbocycles. The van der Waals surface area contributed by atoms with Gasteiger partial charge < -0.3 is 44.6 Å². The van der Waals surface area contributed by atoms with E-state index < -0.39 is 36.3 Å². The fourth-order valence-corrected chi connectivity index (χ4v) is 22.5. The number of rotatable bonds is 45. The van der Waals surface area contributed by atoms with E-state index in [2.05, 4.69) is 120 Å². The van der Waals surface area contributed by atoms with Gasteiger partial charge in [0.15, 0.2) is 5.60 Å². The van der Waals surface area contributed by atoms with Crippen LogP contribution in [0.15, 0.2) is 36.4 Å². The molecule has 0 N–H and O–H groups in total. The second-order valence-corrected chi connectivity index (χ2v) is 39.3. The Balaban J connectivity index is 0.0000149. The van der Waals surface area contributed by atoms with E-state index in [0.717, 1.165) is 166 Å². The minimum atomic E-state index is -5.57. The summed E-state index contributed by atoms with van der Waals surface area (Å²) in [4.78, 5) is 15.9. The van der Waals surface area contributed by atoms with Crippen LogP contribution in [-0.2, 0) is 74.3 Å². The summed E-state index contributed by atoms with van der Waals surface area (Å²) in [5, 5.41) is 0. The Morgan fingerprint density at radius 1 is 0.534 bits per heavy atom. The molecule has 2 aromatic carbocycles. The SMILES string of the molecule is CC(CCCCSSC(C)(C)CCN(C)CCOc1ccc2c(c1)CCC1C2CCC2(C)C(OCCCOC(C)(C(F)(F)F)C(F)(F)F)CCC12)COOC[CH-]CCCCSSC(C)(C)CCN(C)CCOc1ccc2c(c1)CCC1C2CCC2(C)C(OCCCOC(C)(C)C(F)(F)F)CCC12.[Y]. The number of nitrogens with zero attached hydrogens (tertiary/aromatic N) is 2. The number of likely N-dealkylation sites (N-methyl/N-ethyl adjacent to an activating group) is 2. The average molecular weight is 1620 g/mol. The molecule has 103 heavy (non-hydrogen) atoms. The molecule has 589 valence electrons. The molecule has 11 atom stereocenters. The average Bonchev–Trinajstić information content (AvgIpc) is 1.64. The Bertz CT molecular complexity index is 2830. The number of alkyl halides is 9. The number of halogens is 9. The van der Waals surface area contributed by atoms with Crippen LogP contribution in [0.25, 0.3) is 0 Å². The van der Waals surface area contributed by atoms with Gasteiger partial charge in [-0.15, -0.1) is 0 Å². The van der Waals surface area contributed by atoms with E-state index in [0.29, 0.717) is 80.9 Å². The van der Waals surface area contributed by atoms with Crippen LogP contribution in [0.1, 0.15) is 232 Å². The van der Waals surface area contributed by atoms with Gasteiger partial charge in [0, 0.05) is 86.6 Å². The van der Waals surface area contributed by atoms with Crippen molar-refractivity contribution in [2.45, 2.75) is 274 Å². The summed E-state index contributed by atoms with van der Waals surface area (Å²) in [6, 6.07) is 13.4. The summed E-state index contributed by atoms with van der Waals surface area (Å²) in [6.07, 6.45) is 8.71. The van der Waals surface area contributed by atoms with Crippen molar-refractivity contribution in [1.82, 2.24) is 9.80 Å².